The molecule has 0 radical (unpaired) electrons. The number of urea groups is 1. The van der Waals surface area contributed by atoms with Gasteiger partial charge in [0.2, 0.25) is 5.78 Å². The highest BCUT2D eigenvalue weighted by atomic mass is 16.7. The van der Waals surface area contributed by atoms with Gasteiger partial charge in [0.1, 0.15) is 46.1 Å². The second-order valence-electron chi connectivity index (χ2n) is 30.9. The number of hydrogen-bond donors (Lipinski definition) is 14. The van der Waals surface area contributed by atoms with Crippen molar-refractivity contribution in [1.82, 2.24) is 25.8 Å². The summed E-state index contributed by atoms with van der Waals surface area (Å²) in [6, 6.07) is -1.01. The Kier molecular flexibility index (Phi) is 25.3. The van der Waals surface area contributed by atoms with Gasteiger partial charge in [-0.3, -0.25) is 24.1 Å². The third kappa shape index (κ3) is 16.6. The SMILES string of the molecule is CC[C@H]1OC(=O)[C@H](C)[C@@H](OC2CC(C)(OC)C(OC(=O)NCCCCNC(=O)Nc3ccc4c(c3O)C(=O)C3=C(O)[C@]5(O)C(=O)C(C(N)=O)=C(O)[C@@H](N(C)C)[C@@H]5C[C@@H]3[C@]4(C)O)C(C)O2)[C@H](C)[C@@H](OC2OC(C)CC(N(C)C)C2O)[C@](C)(O)C[C@@H](C)[C@H](NC(=O)OC(C)(C)C)[C@H](C)[C@@H](O)[C@]1(C)O. The number of unbranched alkanes of at least 4 members (excludes halogenated alkanes) is 1. The zero-order chi connectivity index (χ0) is 76.0. The quantitative estimate of drug-likeness (QED) is 0.0349. The van der Waals surface area contributed by atoms with Gasteiger partial charge in [-0.05, 0) is 154 Å². The van der Waals surface area contributed by atoms with Crippen LogP contribution in [0.15, 0.2) is 34.8 Å². The zero-order valence-electron chi connectivity index (χ0n) is 61.6. The van der Waals surface area contributed by atoms with Crippen LogP contribution in [0.4, 0.5) is 20.1 Å². The van der Waals surface area contributed by atoms with Crippen molar-refractivity contribution in [2.24, 2.45) is 41.2 Å². The fourth-order valence-electron chi connectivity index (χ4n) is 16.1. The van der Waals surface area contributed by atoms with Crippen LogP contribution in [0.2, 0.25) is 0 Å². The molecule has 5 amide bonds. The number of benzene rings is 1. The number of anilines is 1. The number of ether oxygens (including phenoxy) is 8. The van der Waals surface area contributed by atoms with Crippen molar-refractivity contribution in [3.63, 3.8) is 0 Å². The molecule has 6 aliphatic rings. The fraction of sp³-hybridized carbons (Fsp3) is 0.757. The Balaban J connectivity index is 1.03. The molecule has 101 heavy (non-hydrogen) atoms. The lowest BCUT2D eigenvalue weighted by atomic mass is 9.55. The molecule has 0 aromatic heterocycles. The van der Waals surface area contributed by atoms with Gasteiger partial charge in [-0.1, -0.05) is 33.8 Å². The summed E-state index contributed by atoms with van der Waals surface area (Å²) in [5, 5.41) is 119. The highest BCUT2D eigenvalue weighted by molar-refractivity contribution is 6.25. The van der Waals surface area contributed by atoms with Crippen molar-refractivity contribution >= 4 is 47.3 Å². The molecule has 1 aromatic carbocycles. The number of methoxy groups -OCH3 is 1. The summed E-state index contributed by atoms with van der Waals surface area (Å²) >= 11 is 0. The third-order valence-electron chi connectivity index (χ3n) is 21.5. The van der Waals surface area contributed by atoms with E-state index in [-0.39, 0.29) is 50.0 Å². The van der Waals surface area contributed by atoms with Gasteiger partial charge in [0, 0.05) is 67.9 Å². The lowest BCUT2D eigenvalue weighted by Crippen LogP contribution is -2.65. The minimum Gasteiger partial charge on any atom is -0.510 e. The number of carbonyl (C=O) groups is 7. The number of hydrogen-bond acceptors (Lipinski definition) is 26. The smallest absolute Gasteiger partial charge is 0.407 e. The number of likely N-dealkylation sites (N-methyl/N-ethyl adjacent to an activating group) is 2. The Morgan fingerprint density at radius 2 is 1.43 bits per heavy atom. The maximum Gasteiger partial charge on any atom is 0.407 e. The minimum absolute atomic E-state index is 0.0299. The van der Waals surface area contributed by atoms with E-state index in [2.05, 4.69) is 21.3 Å². The van der Waals surface area contributed by atoms with Crippen LogP contribution in [0.25, 0.3) is 0 Å². The Labute approximate surface area is 590 Å². The molecule has 570 valence electrons. The molecule has 0 saturated carbocycles. The summed E-state index contributed by atoms with van der Waals surface area (Å²) in [4.78, 5) is 99.1. The molecule has 3 saturated heterocycles. The number of amides is 5. The number of phenols is 1. The van der Waals surface area contributed by atoms with Crippen LogP contribution < -0.4 is 27.0 Å². The van der Waals surface area contributed by atoms with Crippen molar-refractivity contribution in [2.45, 2.75) is 255 Å². The van der Waals surface area contributed by atoms with Crippen LogP contribution in [0, 0.1) is 35.5 Å². The Bertz CT molecular complexity index is 3300. The first kappa shape index (κ1) is 82.0. The number of carbonyl (C=O) groups excluding carboxylic acids is 7. The maximum atomic E-state index is 14.8. The number of phenolic OH excluding ortho intramolecular Hbond substituents is 1. The van der Waals surface area contributed by atoms with Crippen LogP contribution in [0.5, 0.6) is 5.75 Å². The summed E-state index contributed by atoms with van der Waals surface area (Å²) in [6.07, 6.45) is -13.0. The molecular weight excluding hydrogens is 1320 g/mol. The number of Topliss-reactive ketones (excluding diaryl/α,β-unsaturated/α-hetero) is 2. The van der Waals surface area contributed by atoms with E-state index in [1.165, 1.54) is 59.0 Å². The van der Waals surface area contributed by atoms with E-state index in [1.807, 2.05) is 25.9 Å². The number of alkyl carbamates (subject to hydrolysis) is 2. The Morgan fingerprint density at radius 3 is 2.00 bits per heavy atom. The summed E-state index contributed by atoms with van der Waals surface area (Å²) in [5.41, 5.74) is -8.44. The van der Waals surface area contributed by atoms with Gasteiger partial charge < -0.3 is 116 Å². The number of primary amides is 1. The number of rotatable bonds is 17. The fourth-order valence-corrected chi connectivity index (χ4v) is 16.1. The Morgan fingerprint density at radius 1 is 0.802 bits per heavy atom. The molecule has 3 aliphatic heterocycles. The number of aliphatic hydroxyl groups is 8. The van der Waals surface area contributed by atoms with Crippen molar-refractivity contribution < 1.29 is 117 Å². The lowest BCUT2D eigenvalue weighted by molar-refractivity contribution is -0.318. The van der Waals surface area contributed by atoms with Crippen molar-refractivity contribution in [3.8, 4) is 5.75 Å². The van der Waals surface area contributed by atoms with Gasteiger partial charge in [-0.2, -0.15) is 0 Å². The van der Waals surface area contributed by atoms with Crippen LogP contribution in [0.1, 0.15) is 158 Å². The molecule has 3 fully saturated rings. The van der Waals surface area contributed by atoms with E-state index < -0.39 is 224 Å². The number of fused-ring (bicyclic) bond motifs is 3. The second kappa shape index (κ2) is 31.2. The molecule has 0 bridgehead atoms. The number of esters is 1. The number of nitrogens with zero attached hydrogens (tertiary/aromatic N) is 2. The normalized spacial score (nSPS) is 38.9. The number of cyclic esters (lactones) is 1. The molecular formula is C70H111N7O24. The highest BCUT2D eigenvalue weighted by Gasteiger charge is 2.66. The van der Waals surface area contributed by atoms with Gasteiger partial charge in [0.05, 0.1) is 64.9 Å². The van der Waals surface area contributed by atoms with Gasteiger partial charge >= 0.3 is 24.2 Å². The second-order valence-corrected chi connectivity index (χ2v) is 30.9. The minimum atomic E-state index is -2.96. The average Bonchev–Trinajstić information content (AvgIpc) is 0.688. The predicted octanol–water partition coefficient (Wildman–Crippen LogP) is 3.54. The molecule has 3 heterocycles. The molecule has 15 N–H and O–H groups in total. The van der Waals surface area contributed by atoms with E-state index in [4.69, 9.17) is 43.6 Å². The molecule has 24 atom stereocenters. The Hall–Kier alpha value is -6.33. The average molecular weight is 1430 g/mol. The van der Waals surface area contributed by atoms with Crippen LogP contribution in [-0.2, 0) is 57.9 Å². The lowest BCUT2D eigenvalue weighted by Gasteiger charge is -2.52. The van der Waals surface area contributed by atoms with Gasteiger partial charge in [0.25, 0.3) is 5.91 Å². The summed E-state index contributed by atoms with van der Waals surface area (Å²) < 4.78 is 50.5. The van der Waals surface area contributed by atoms with Crippen LogP contribution >= 0.6 is 0 Å². The number of aliphatic hydroxyl groups excluding tert-OH is 4. The summed E-state index contributed by atoms with van der Waals surface area (Å²) in [7, 11) is 8.00. The van der Waals surface area contributed by atoms with Crippen molar-refractivity contribution in [2.75, 3.05) is 53.7 Å². The first-order valence-electron chi connectivity index (χ1n) is 34.7. The van der Waals surface area contributed by atoms with Crippen molar-refractivity contribution in [1.29, 1.82) is 0 Å². The van der Waals surface area contributed by atoms with E-state index in [0.29, 0.717) is 19.3 Å². The van der Waals surface area contributed by atoms with E-state index in [0.717, 1.165) is 0 Å². The topological polar surface area (TPSA) is 456 Å². The zero-order valence-corrected chi connectivity index (χ0v) is 61.6. The first-order chi connectivity index (χ1) is 46.6. The number of nitrogens with one attached hydrogen (secondary N) is 4. The third-order valence-corrected chi connectivity index (χ3v) is 21.5. The van der Waals surface area contributed by atoms with Crippen molar-refractivity contribution in [3.05, 3.63) is 45.9 Å². The van der Waals surface area contributed by atoms with Gasteiger partial charge in [-0.25, -0.2) is 14.4 Å². The molecule has 7 rings (SSSR count). The van der Waals surface area contributed by atoms with E-state index in [1.54, 1.807) is 69.2 Å². The first-order valence-corrected chi connectivity index (χ1v) is 34.7. The summed E-state index contributed by atoms with van der Waals surface area (Å²) in [6.45, 7) is 22.8. The molecule has 0 spiro atoms. The molecule has 31 nitrogen and oxygen atoms in total. The van der Waals surface area contributed by atoms with E-state index >= 15 is 0 Å². The number of nitrogens with two attached hydrogens (primary N) is 1. The maximum absolute atomic E-state index is 14.8. The monoisotopic (exact) mass is 1430 g/mol. The molecule has 3 aliphatic carbocycles. The molecule has 8 unspecified atom stereocenters. The number of aromatic hydroxyl groups is 1. The molecule has 1 aromatic rings. The van der Waals surface area contributed by atoms with Crippen LogP contribution in [-0.4, -0.2) is 253 Å². The highest BCUT2D eigenvalue weighted by Crippen LogP contribution is 2.57. The van der Waals surface area contributed by atoms with Gasteiger partial charge in [0.15, 0.2) is 35.8 Å². The van der Waals surface area contributed by atoms with E-state index in [9.17, 15) is 79.5 Å². The standard InChI is InChI=1S/C70H111N7O24/c1-20-42-69(14,92)54(82)33(4)47(75-64(89)101-65(8,9)10)31(2)29-66(11,90)57(99-61-50(79)41(76(15)16)27-32(3)95-61)34(5)53(35(6)60(86)97-42)98-43-30-67(12,94-19)58(36(7)96-43)100-63(88)73-26-22-21-25-72-62(87)74-40-24-23-37-44(49(40)78)51(80)45-38(68(37,13)91)28-39-48(77(17)18)52(81)46(59(71)85)56(84)70(39,93)55(45)83/h23-24,31-36,38-39,41-43,47-48,50,53-54,57-58,61,78-79,81-83,90-93H,20-22,25-30H2,1-19H3,(H2,71,85)(H,73,88)(H,75,89)(H2,72,74,87)/t31-,32?,33+,34+,35-,36?,38+,39+,41?,42-,43?,47+,48+,50?,53+,54-,57-,58?,61?,66-,67?,68-,69-,70+/m1/s1. The molecule has 31 heteroatoms. The van der Waals surface area contributed by atoms with Crippen LogP contribution in [0.3, 0.4) is 0 Å². The predicted molar refractivity (Wildman–Crippen MR) is 362 cm³/mol. The largest absolute Gasteiger partial charge is 0.510 e. The van der Waals surface area contributed by atoms with Gasteiger partial charge in [-0.15, -0.1) is 0 Å². The number of ketones is 2. The summed E-state index contributed by atoms with van der Waals surface area (Å²) in [5.74, 6) is -14.2.